The molecular weight excluding hydrogens is 436 g/mol. The summed E-state index contributed by atoms with van der Waals surface area (Å²) in [6, 6.07) is 10.9. The Morgan fingerprint density at radius 2 is 1.93 bits per heavy atom. The third kappa shape index (κ3) is 4.87. The topological polar surface area (TPSA) is 87.0 Å². The molecule has 0 N–H and O–H groups in total. The first-order chi connectivity index (χ1) is 13.9. The van der Waals surface area contributed by atoms with Gasteiger partial charge in [0.1, 0.15) is 0 Å². The maximum Gasteiger partial charge on any atom is 0.338 e. The number of fused-ring (bicyclic) bond motifs is 1. The van der Waals surface area contributed by atoms with Crippen LogP contribution in [0.5, 0.6) is 0 Å². The van der Waals surface area contributed by atoms with E-state index in [1.165, 1.54) is 35.6 Å². The number of sulfonamides is 1. The lowest BCUT2D eigenvalue weighted by Gasteiger charge is -2.05. The van der Waals surface area contributed by atoms with Gasteiger partial charge in [0.05, 0.1) is 33.9 Å². The zero-order valence-corrected chi connectivity index (χ0v) is 18.2. The van der Waals surface area contributed by atoms with Gasteiger partial charge in [-0.3, -0.25) is 0 Å². The van der Waals surface area contributed by atoms with E-state index >= 15 is 0 Å². The van der Waals surface area contributed by atoms with Crippen LogP contribution in [0.25, 0.3) is 10.2 Å². The average molecular weight is 455 g/mol. The van der Waals surface area contributed by atoms with Crippen LogP contribution in [-0.4, -0.2) is 39.3 Å². The summed E-state index contributed by atoms with van der Waals surface area (Å²) in [7, 11) is -2.37. The molecule has 0 saturated heterocycles. The number of nitrogens with zero attached hydrogens (tertiary/aromatic N) is 2. The maximum absolute atomic E-state index is 12.8. The van der Waals surface area contributed by atoms with Crippen molar-refractivity contribution in [1.82, 2.24) is 4.57 Å². The highest BCUT2D eigenvalue weighted by Gasteiger charge is 2.16. The first-order valence-electron chi connectivity index (χ1n) is 8.71. The Hall–Kier alpha value is -2.20. The zero-order valence-electron chi connectivity index (χ0n) is 15.8. The summed E-state index contributed by atoms with van der Waals surface area (Å²) in [6.07, 6.45) is 0. The number of ether oxygens (including phenoxy) is 2. The number of benzene rings is 2. The molecule has 2 aromatic carbocycles. The molecule has 0 fully saturated rings. The summed E-state index contributed by atoms with van der Waals surface area (Å²) in [5, 5.41) is 0.437. The molecule has 0 aliphatic rings. The fourth-order valence-corrected chi connectivity index (χ4v) is 5.07. The highest BCUT2D eigenvalue weighted by atomic mass is 35.5. The quantitative estimate of drug-likeness (QED) is 0.510. The first kappa shape index (κ1) is 21.5. The molecule has 10 heteroatoms. The summed E-state index contributed by atoms with van der Waals surface area (Å²) in [4.78, 5) is 12.4. The standard InChI is InChI=1S/C19H19ClN2O5S2/c1-3-27-18(23)13-4-9-16-17(12-13)28-19(22(16)10-11-26-2)21-29(24,25)15-7-5-14(20)6-8-15/h4-9,12H,3,10-11H2,1-2H3/b21-19-. The van der Waals surface area contributed by atoms with E-state index < -0.39 is 16.0 Å². The summed E-state index contributed by atoms with van der Waals surface area (Å²) in [5.41, 5.74) is 1.15. The minimum Gasteiger partial charge on any atom is -0.462 e. The highest BCUT2D eigenvalue weighted by molar-refractivity contribution is 7.90. The molecule has 0 radical (unpaired) electrons. The highest BCUT2D eigenvalue weighted by Crippen LogP contribution is 2.21. The van der Waals surface area contributed by atoms with E-state index in [0.717, 1.165) is 10.2 Å². The first-order valence-corrected chi connectivity index (χ1v) is 11.3. The van der Waals surface area contributed by atoms with Crippen molar-refractivity contribution < 1.29 is 22.7 Å². The lowest BCUT2D eigenvalue weighted by Crippen LogP contribution is -2.19. The number of rotatable bonds is 7. The zero-order chi connectivity index (χ0) is 21.0. The Morgan fingerprint density at radius 1 is 1.21 bits per heavy atom. The smallest absolute Gasteiger partial charge is 0.338 e. The summed E-state index contributed by atoms with van der Waals surface area (Å²) in [5.74, 6) is -0.432. The van der Waals surface area contributed by atoms with Crippen molar-refractivity contribution in [1.29, 1.82) is 0 Å². The van der Waals surface area contributed by atoms with Gasteiger partial charge < -0.3 is 14.0 Å². The van der Waals surface area contributed by atoms with Crippen LogP contribution in [0.4, 0.5) is 0 Å². The number of carbonyl (C=O) groups excluding carboxylic acids is 1. The van der Waals surface area contributed by atoms with Gasteiger partial charge in [-0.2, -0.15) is 8.42 Å². The Labute approximate surface area is 177 Å². The molecular formula is C19H19ClN2O5S2. The fraction of sp³-hybridized carbons (Fsp3) is 0.263. The van der Waals surface area contributed by atoms with Crippen LogP contribution in [0, 0.1) is 0 Å². The van der Waals surface area contributed by atoms with E-state index in [4.69, 9.17) is 21.1 Å². The maximum atomic E-state index is 12.8. The van der Waals surface area contributed by atoms with Gasteiger partial charge in [0.15, 0.2) is 0 Å². The number of methoxy groups -OCH3 is 1. The average Bonchev–Trinajstić information content (AvgIpc) is 3.02. The summed E-state index contributed by atoms with van der Waals surface area (Å²) >= 11 is 7.02. The number of aromatic nitrogens is 1. The molecule has 3 aromatic rings. The predicted octanol–water partition coefficient (Wildman–Crippen LogP) is 3.47. The predicted molar refractivity (Wildman–Crippen MR) is 112 cm³/mol. The summed E-state index contributed by atoms with van der Waals surface area (Å²) < 4.78 is 42.2. The van der Waals surface area contributed by atoms with E-state index in [1.807, 2.05) is 0 Å². The van der Waals surface area contributed by atoms with Gasteiger partial charge in [-0.05, 0) is 49.4 Å². The molecule has 0 aliphatic carbocycles. The van der Waals surface area contributed by atoms with Crippen molar-refractivity contribution >= 4 is 49.1 Å². The summed E-state index contributed by atoms with van der Waals surface area (Å²) in [6.45, 7) is 2.79. The second-order valence-corrected chi connectivity index (χ2v) is 9.00. The number of hydrogen-bond acceptors (Lipinski definition) is 6. The molecule has 1 heterocycles. The monoisotopic (exact) mass is 454 g/mol. The van der Waals surface area contributed by atoms with Gasteiger partial charge in [-0.25, -0.2) is 4.79 Å². The number of halogens is 1. The van der Waals surface area contributed by atoms with Crippen molar-refractivity contribution in [3.05, 3.63) is 57.9 Å². The number of thiazole rings is 1. The molecule has 0 spiro atoms. The van der Waals surface area contributed by atoms with Crippen LogP contribution < -0.4 is 4.80 Å². The molecule has 1 aromatic heterocycles. The molecule has 154 valence electrons. The molecule has 0 saturated carbocycles. The number of hydrogen-bond donors (Lipinski definition) is 0. The molecule has 0 amide bonds. The van der Waals surface area contributed by atoms with Crippen molar-refractivity contribution in [2.75, 3.05) is 20.3 Å². The number of carbonyl (C=O) groups is 1. The second-order valence-electron chi connectivity index (χ2n) is 5.95. The Balaban J connectivity index is 2.15. The normalized spacial score (nSPS) is 12.4. The SMILES string of the molecule is CCOC(=O)c1ccc2c(c1)s/c(=N\S(=O)(=O)c1ccc(Cl)cc1)n2CCOC. The minimum atomic E-state index is -3.94. The molecule has 0 aliphatic heterocycles. The van der Waals surface area contributed by atoms with Crippen LogP contribution in [0.15, 0.2) is 51.8 Å². The van der Waals surface area contributed by atoms with E-state index in [1.54, 1.807) is 36.8 Å². The molecule has 0 unspecified atom stereocenters. The Morgan fingerprint density at radius 3 is 2.59 bits per heavy atom. The molecule has 29 heavy (non-hydrogen) atoms. The van der Waals surface area contributed by atoms with Gasteiger partial charge in [-0.15, -0.1) is 4.40 Å². The van der Waals surface area contributed by atoms with E-state index in [0.29, 0.717) is 23.7 Å². The molecule has 7 nitrogen and oxygen atoms in total. The Kier molecular flexibility index (Phi) is 6.74. The van der Waals surface area contributed by atoms with E-state index in [2.05, 4.69) is 4.40 Å². The van der Waals surface area contributed by atoms with Crippen LogP contribution in [0.1, 0.15) is 17.3 Å². The molecule has 0 atom stereocenters. The van der Waals surface area contributed by atoms with Crippen LogP contribution in [-0.2, 0) is 26.0 Å². The van der Waals surface area contributed by atoms with Crippen LogP contribution in [0.3, 0.4) is 0 Å². The van der Waals surface area contributed by atoms with E-state index in [9.17, 15) is 13.2 Å². The molecule has 3 rings (SSSR count). The third-order valence-corrected chi connectivity index (χ3v) is 6.71. The fourth-order valence-electron chi connectivity index (χ4n) is 2.65. The lowest BCUT2D eigenvalue weighted by atomic mass is 10.2. The van der Waals surface area contributed by atoms with Gasteiger partial charge in [-0.1, -0.05) is 22.9 Å². The minimum absolute atomic E-state index is 0.0462. The van der Waals surface area contributed by atoms with Crippen molar-refractivity contribution in [2.24, 2.45) is 4.40 Å². The number of esters is 1. The lowest BCUT2D eigenvalue weighted by molar-refractivity contribution is 0.0526. The van der Waals surface area contributed by atoms with Gasteiger partial charge in [0.25, 0.3) is 10.0 Å². The van der Waals surface area contributed by atoms with Crippen molar-refractivity contribution in [2.45, 2.75) is 18.4 Å². The third-order valence-electron chi connectivity index (χ3n) is 4.02. The van der Waals surface area contributed by atoms with Crippen LogP contribution >= 0.6 is 22.9 Å². The van der Waals surface area contributed by atoms with Crippen LogP contribution in [0.2, 0.25) is 5.02 Å². The Bertz CT molecular complexity index is 1200. The van der Waals surface area contributed by atoms with Crippen molar-refractivity contribution in [3.8, 4) is 0 Å². The second kappa shape index (κ2) is 9.08. The van der Waals surface area contributed by atoms with Gasteiger partial charge in [0, 0.05) is 18.7 Å². The molecule has 0 bridgehead atoms. The largest absolute Gasteiger partial charge is 0.462 e. The van der Waals surface area contributed by atoms with E-state index in [-0.39, 0.29) is 16.3 Å². The van der Waals surface area contributed by atoms with Gasteiger partial charge in [0.2, 0.25) is 4.80 Å². The van der Waals surface area contributed by atoms with Crippen molar-refractivity contribution in [3.63, 3.8) is 0 Å². The van der Waals surface area contributed by atoms with Gasteiger partial charge >= 0.3 is 5.97 Å².